The van der Waals surface area contributed by atoms with E-state index in [4.69, 9.17) is 0 Å². The highest BCUT2D eigenvalue weighted by atomic mass is 32.2. The Balaban J connectivity index is 1.65. The Morgan fingerprint density at radius 3 is 2.09 bits per heavy atom. The number of halogens is 7. The topological polar surface area (TPSA) is 112 Å². The van der Waals surface area contributed by atoms with Crippen LogP contribution in [0.15, 0.2) is 47.4 Å². The first kappa shape index (κ1) is 33.2. The van der Waals surface area contributed by atoms with Crippen molar-refractivity contribution in [3.63, 3.8) is 0 Å². The van der Waals surface area contributed by atoms with Crippen molar-refractivity contribution in [3.05, 3.63) is 64.7 Å². The van der Waals surface area contributed by atoms with E-state index in [0.29, 0.717) is 17.7 Å². The summed E-state index contributed by atoms with van der Waals surface area (Å²) >= 11 is 0. The first-order chi connectivity index (χ1) is 20.7. The molecule has 2 aliphatic carbocycles. The monoisotopic (exact) mass is 665 g/mol. The number of alkyl halides is 7. The van der Waals surface area contributed by atoms with Crippen LogP contribution in [-0.2, 0) is 36.3 Å². The number of rotatable bonds is 5. The van der Waals surface area contributed by atoms with Gasteiger partial charge in [0, 0.05) is 12.1 Å². The van der Waals surface area contributed by atoms with Gasteiger partial charge in [-0.25, -0.2) is 12.8 Å². The molecule has 0 bridgehead atoms. The van der Waals surface area contributed by atoms with Crippen LogP contribution in [0.25, 0.3) is 0 Å². The molecule has 1 aliphatic heterocycles. The van der Waals surface area contributed by atoms with E-state index in [9.17, 15) is 54.6 Å². The van der Waals surface area contributed by atoms with E-state index < -0.39 is 67.6 Å². The van der Waals surface area contributed by atoms with E-state index in [0.717, 1.165) is 6.07 Å². The average Bonchev–Trinajstić information content (AvgIpc) is 3.36. The Morgan fingerprint density at radius 2 is 1.53 bits per heavy atom. The number of benzene rings is 2. The van der Waals surface area contributed by atoms with E-state index in [1.54, 1.807) is 13.0 Å². The lowest BCUT2D eigenvalue weighted by atomic mass is 9.75. The lowest BCUT2D eigenvalue weighted by Crippen LogP contribution is -2.57. The highest BCUT2D eigenvalue weighted by Gasteiger charge is 2.74. The fraction of sp³-hybridized carbons (Fsp3) is 0.533. The van der Waals surface area contributed by atoms with Crippen LogP contribution in [0.3, 0.4) is 0 Å². The zero-order chi connectivity index (χ0) is 33.4. The molecule has 1 amide bonds. The molecule has 0 radical (unpaired) electrons. The van der Waals surface area contributed by atoms with Crippen LogP contribution in [0.5, 0.6) is 0 Å². The minimum atomic E-state index is -6.37. The molecule has 15 heteroatoms. The molecule has 3 aliphatic rings. The summed E-state index contributed by atoms with van der Waals surface area (Å²) in [6, 6.07) is 6.03. The second-order valence-electron chi connectivity index (χ2n) is 12.2. The van der Waals surface area contributed by atoms with Crippen LogP contribution in [0, 0.1) is 12.8 Å². The van der Waals surface area contributed by atoms with Gasteiger partial charge in [0.2, 0.25) is 0 Å². The first-order valence-electron chi connectivity index (χ1n) is 14.2. The van der Waals surface area contributed by atoms with Gasteiger partial charge in [-0.05, 0) is 80.7 Å². The van der Waals surface area contributed by atoms with Crippen LogP contribution in [-0.4, -0.2) is 65.9 Å². The minimum Gasteiger partial charge on any atom is -0.481 e. The van der Waals surface area contributed by atoms with Gasteiger partial charge in [0.1, 0.15) is 10.3 Å². The van der Waals surface area contributed by atoms with Crippen molar-refractivity contribution in [2.45, 2.75) is 91.2 Å². The van der Waals surface area contributed by atoms with Gasteiger partial charge in [-0.3, -0.25) is 9.59 Å². The van der Waals surface area contributed by atoms with Crippen molar-refractivity contribution >= 4 is 21.7 Å². The summed E-state index contributed by atoms with van der Waals surface area (Å²) in [5.74, 6) is -2.68. The number of hydrogen-bond donors (Lipinski definition) is 2. The molecule has 5 rings (SSSR count). The van der Waals surface area contributed by atoms with Crippen molar-refractivity contribution in [2.24, 2.45) is 5.92 Å². The van der Waals surface area contributed by atoms with E-state index in [-0.39, 0.29) is 67.5 Å². The molecule has 45 heavy (non-hydrogen) atoms. The maximum atomic E-state index is 15.0. The maximum absolute atomic E-state index is 15.0. The Labute approximate surface area is 253 Å². The fourth-order valence-electron chi connectivity index (χ4n) is 7.29. The van der Waals surface area contributed by atoms with Gasteiger partial charge in [-0.1, -0.05) is 30.3 Å². The molecule has 2 aromatic rings. The van der Waals surface area contributed by atoms with Crippen LogP contribution < -0.4 is 0 Å². The predicted octanol–water partition coefficient (Wildman–Crippen LogP) is 5.51. The van der Waals surface area contributed by atoms with Crippen molar-refractivity contribution in [1.29, 1.82) is 0 Å². The van der Waals surface area contributed by atoms with Gasteiger partial charge in [0.15, 0.2) is 9.84 Å². The molecule has 2 N–H and O–H groups in total. The summed E-state index contributed by atoms with van der Waals surface area (Å²) in [7, 11) is -4.53. The van der Waals surface area contributed by atoms with Gasteiger partial charge >= 0.3 is 24.0 Å². The van der Waals surface area contributed by atoms with Gasteiger partial charge in [-0.15, -0.1) is 0 Å². The molecule has 1 saturated carbocycles. The highest BCUT2D eigenvalue weighted by Crippen LogP contribution is 2.57. The second kappa shape index (κ2) is 10.7. The standard InChI is InChI=1S/C30H30F7NO6S/c1-17-3-2-4-21(15-17)45(43,44)27-13-14-38(25(41)26(42)11-9-18(10-12-26)24(39)40)23(27)8-5-19-16-20(6-7-22(19)27)28(31,29(32,33)34)30(35,36)37/h2-4,6-7,15-16,18,23,42H,5,8-14H2,1H3,(H,39,40). The molecule has 1 heterocycles. The van der Waals surface area contributed by atoms with E-state index in [1.807, 2.05) is 0 Å². The molecule has 7 nitrogen and oxygen atoms in total. The predicted molar refractivity (Wildman–Crippen MR) is 144 cm³/mol. The zero-order valence-electron chi connectivity index (χ0n) is 23.9. The minimum absolute atomic E-state index is 0.00217. The van der Waals surface area contributed by atoms with Crippen LogP contribution in [0.2, 0.25) is 0 Å². The van der Waals surface area contributed by atoms with Crippen molar-refractivity contribution in [1.82, 2.24) is 4.90 Å². The van der Waals surface area contributed by atoms with Crippen LogP contribution >= 0.6 is 0 Å². The maximum Gasteiger partial charge on any atom is 0.435 e. The Morgan fingerprint density at radius 1 is 0.911 bits per heavy atom. The van der Waals surface area contributed by atoms with E-state index >= 15 is 4.39 Å². The third kappa shape index (κ3) is 4.91. The summed E-state index contributed by atoms with van der Waals surface area (Å²) in [4.78, 5) is 26.3. The van der Waals surface area contributed by atoms with Gasteiger partial charge in [0.25, 0.3) is 5.91 Å². The lowest BCUT2D eigenvalue weighted by Gasteiger charge is -2.45. The molecule has 0 spiro atoms. The number of aliphatic carboxylic acids is 1. The highest BCUT2D eigenvalue weighted by molar-refractivity contribution is 7.92. The van der Waals surface area contributed by atoms with Gasteiger partial charge in [-0.2, -0.15) is 26.3 Å². The largest absolute Gasteiger partial charge is 0.481 e. The second-order valence-corrected chi connectivity index (χ2v) is 14.4. The Hall–Kier alpha value is -3.20. The number of amides is 1. The number of aryl methyl sites for hydroxylation is 2. The van der Waals surface area contributed by atoms with Crippen LogP contribution in [0.4, 0.5) is 30.7 Å². The molecular weight excluding hydrogens is 635 g/mol. The number of aliphatic hydroxyl groups is 1. The third-order valence-corrected chi connectivity index (χ3v) is 12.2. The normalized spacial score (nSPS) is 27.5. The summed E-state index contributed by atoms with van der Waals surface area (Å²) in [5, 5.41) is 20.6. The first-order valence-corrected chi connectivity index (χ1v) is 15.7. The molecule has 2 atom stereocenters. The van der Waals surface area contributed by atoms with Gasteiger partial charge < -0.3 is 15.1 Å². The Bertz CT molecular complexity index is 1620. The van der Waals surface area contributed by atoms with Crippen molar-refractivity contribution in [3.8, 4) is 0 Å². The Kier molecular flexibility index (Phi) is 7.87. The van der Waals surface area contributed by atoms with Crippen LogP contribution in [0.1, 0.15) is 60.8 Å². The number of nitrogens with zero attached hydrogens (tertiary/aromatic N) is 1. The third-order valence-electron chi connectivity index (χ3n) is 9.67. The molecular formula is C30H30F7NO6S. The van der Waals surface area contributed by atoms with E-state index in [2.05, 4.69) is 0 Å². The number of carboxylic acids is 1. The smallest absolute Gasteiger partial charge is 0.435 e. The molecule has 1 saturated heterocycles. The SMILES string of the molecule is Cc1cccc(S(=O)(=O)C23CCN(C(=O)C4(O)CCC(C(=O)O)CC4)C2CCc2cc(C(F)(C(F)(F)F)C(F)(F)F)ccc23)c1. The molecule has 2 fully saturated rings. The number of likely N-dealkylation sites (tertiary alicyclic amines) is 1. The lowest BCUT2D eigenvalue weighted by molar-refractivity contribution is -0.348. The summed E-state index contributed by atoms with van der Waals surface area (Å²) < 4.78 is 124. The average molecular weight is 666 g/mol. The molecule has 2 aromatic carbocycles. The number of hydrogen-bond acceptors (Lipinski definition) is 5. The number of carbonyl (C=O) groups is 2. The molecule has 0 aromatic heterocycles. The van der Waals surface area contributed by atoms with Crippen molar-refractivity contribution in [2.75, 3.05) is 6.54 Å². The zero-order valence-corrected chi connectivity index (χ0v) is 24.7. The summed E-state index contributed by atoms with van der Waals surface area (Å²) in [6.45, 7) is 1.40. The quantitative estimate of drug-likeness (QED) is 0.408. The number of sulfone groups is 1. The van der Waals surface area contributed by atoms with Gasteiger partial charge in [0.05, 0.1) is 16.9 Å². The number of carbonyl (C=O) groups excluding carboxylic acids is 1. The van der Waals surface area contributed by atoms with Crippen molar-refractivity contribution < 1.29 is 59.0 Å². The molecule has 2 unspecified atom stereocenters. The summed E-state index contributed by atoms with van der Waals surface area (Å²) in [5.41, 5.74) is -9.28. The number of fused-ring (bicyclic) bond motifs is 3. The number of carboxylic acid groups (broad SMARTS) is 1. The summed E-state index contributed by atoms with van der Waals surface area (Å²) in [6.07, 6.45) is -13.9. The van der Waals surface area contributed by atoms with E-state index in [1.165, 1.54) is 23.1 Å². The molecule has 246 valence electrons. The fourth-order valence-corrected chi connectivity index (χ4v) is 9.76.